The number of carboxylic acid groups (broad SMARTS) is 1. The minimum Gasteiger partial charge on any atom is -0.481 e. The molecular weight excluding hydrogens is 363 g/mol. The second kappa shape index (κ2) is 8.18. The summed E-state index contributed by atoms with van der Waals surface area (Å²) < 4.78 is 0. The number of aryl methyl sites for hydroxylation is 1. The van der Waals surface area contributed by atoms with Gasteiger partial charge in [0.15, 0.2) is 0 Å². The number of carbonyl (C=O) groups is 1. The van der Waals surface area contributed by atoms with Crippen LogP contribution in [0.5, 0.6) is 0 Å². The molecule has 2 unspecified atom stereocenters. The van der Waals surface area contributed by atoms with E-state index in [0.717, 1.165) is 24.2 Å². The van der Waals surface area contributed by atoms with Gasteiger partial charge in [-0.1, -0.05) is 37.3 Å². The van der Waals surface area contributed by atoms with Crippen LogP contribution in [0.15, 0.2) is 48.5 Å². The van der Waals surface area contributed by atoms with Crippen molar-refractivity contribution >= 4 is 5.97 Å². The van der Waals surface area contributed by atoms with Crippen LogP contribution < -0.4 is 0 Å². The van der Waals surface area contributed by atoms with Crippen LogP contribution in [0.1, 0.15) is 22.6 Å². The summed E-state index contributed by atoms with van der Waals surface area (Å²) in [5.74, 6) is -1.01. The molecule has 0 spiro atoms. The van der Waals surface area contributed by atoms with Gasteiger partial charge < -0.3 is 5.11 Å². The topological polar surface area (TPSA) is 40.5 Å². The standard InChI is InChI=1S/C19H20NO2.Y/c1-14-7-9-16(10-8-14)17-12-20(13-18(17)19(21)22)11-15-5-3-2-4-6-15;/h2-7,9-10,17-18H,11-13H2,1H3,(H,21,22);/q-1;. The van der Waals surface area contributed by atoms with Crippen LogP contribution in [0.25, 0.3) is 0 Å². The van der Waals surface area contributed by atoms with Crippen molar-refractivity contribution in [3.8, 4) is 0 Å². The van der Waals surface area contributed by atoms with Gasteiger partial charge in [0.1, 0.15) is 0 Å². The number of aliphatic carboxylic acids is 1. The molecule has 1 saturated heterocycles. The average Bonchev–Trinajstić information content (AvgIpc) is 2.93. The Morgan fingerprint density at radius 2 is 1.96 bits per heavy atom. The Bertz CT molecular complexity index is 642. The second-order valence-corrected chi connectivity index (χ2v) is 6.04. The van der Waals surface area contributed by atoms with Crippen LogP contribution in [-0.4, -0.2) is 29.1 Å². The molecular formula is C19H20NO2Y-. The van der Waals surface area contributed by atoms with Gasteiger partial charge >= 0.3 is 5.97 Å². The Balaban J connectivity index is 0.00000192. The minimum absolute atomic E-state index is 0. The molecule has 0 amide bonds. The third-order valence-corrected chi connectivity index (χ3v) is 4.38. The maximum atomic E-state index is 11.6. The Hall–Kier alpha value is -1.03. The van der Waals surface area contributed by atoms with E-state index in [1.54, 1.807) is 0 Å². The molecule has 3 nitrogen and oxygen atoms in total. The zero-order valence-electron chi connectivity index (χ0n) is 13.3. The van der Waals surface area contributed by atoms with Crippen molar-refractivity contribution < 1.29 is 42.6 Å². The van der Waals surface area contributed by atoms with Crippen molar-refractivity contribution in [1.29, 1.82) is 0 Å². The van der Waals surface area contributed by atoms with Crippen molar-refractivity contribution in [2.24, 2.45) is 5.92 Å². The average molecular weight is 383 g/mol. The fourth-order valence-electron chi connectivity index (χ4n) is 3.19. The minimum atomic E-state index is -0.707. The first kappa shape index (κ1) is 18.3. The van der Waals surface area contributed by atoms with Gasteiger partial charge in [0.25, 0.3) is 0 Å². The zero-order valence-corrected chi connectivity index (χ0v) is 16.1. The third kappa shape index (κ3) is 4.50. The Labute approximate surface area is 162 Å². The molecule has 4 heteroatoms. The molecule has 0 saturated carbocycles. The summed E-state index contributed by atoms with van der Waals surface area (Å²) in [6.45, 7) is 4.18. The molecule has 117 valence electrons. The summed E-state index contributed by atoms with van der Waals surface area (Å²) in [4.78, 5) is 13.8. The second-order valence-electron chi connectivity index (χ2n) is 6.04. The molecule has 1 radical (unpaired) electrons. The van der Waals surface area contributed by atoms with Crippen molar-refractivity contribution in [3.63, 3.8) is 0 Å². The summed E-state index contributed by atoms with van der Waals surface area (Å²) in [5.41, 5.74) is 3.38. The predicted molar refractivity (Wildman–Crippen MR) is 85.6 cm³/mol. The first-order valence-electron chi connectivity index (χ1n) is 7.61. The molecule has 1 heterocycles. The van der Waals surface area contributed by atoms with E-state index >= 15 is 0 Å². The van der Waals surface area contributed by atoms with Crippen LogP contribution in [0.4, 0.5) is 0 Å². The molecule has 1 fully saturated rings. The fraction of sp³-hybridized carbons (Fsp3) is 0.316. The summed E-state index contributed by atoms with van der Waals surface area (Å²) in [6.07, 6.45) is 0. The van der Waals surface area contributed by atoms with E-state index in [9.17, 15) is 9.90 Å². The van der Waals surface area contributed by atoms with E-state index in [0.29, 0.717) is 6.54 Å². The smallest absolute Gasteiger partial charge is 0.307 e. The van der Waals surface area contributed by atoms with Crippen LogP contribution in [-0.2, 0) is 44.0 Å². The number of benzene rings is 2. The molecule has 1 aliphatic heterocycles. The van der Waals surface area contributed by atoms with Gasteiger partial charge in [-0.15, -0.1) is 0 Å². The molecule has 2 aromatic rings. The first-order chi connectivity index (χ1) is 10.6. The maximum absolute atomic E-state index is 11.6. The largest absolute Gasteiger partial charge is 0.481 e. The predicted octanol–water partition coefficient (Wildman–Crippen LogP) is 3.09. The number of hydrogen-bond donors (Lipinski definition) is 1. The Morgan fingerprint density at radius 3 is 2.57 bits per heavy atom. The zero-order chi connectivity index (χ0) is 15.5. The molecule has 0 aromatic heterocycles. The SMILES string of the molecule is Cc1[c-]cc(C2CN(Cc3ccccc3)CC2C(=O)O)cc1.[Y]. The molecule has 2 aromatic carbocycles. The van der Waals surface area contributed by atoms with E-state index in [4.69, 9.17) is 0 Å². The Kier molecular flexibility index (Phi) is 6.52. The summed E-state index contributed by atoms with van der Waals surface area (Å²) in [7, 11) is 0. The first-order valence-corrected chi connectivity index (χ1v) is 7.61. The fourth-order valence-corrected chi connectivity index (χ4v) is 3.19. The monoisotopic (exact) mass is 383 g/mol. The molecule has 3 rings (SSSR count). The summed E-state index contributed by atoms with van der Waals surface area (Å²) in [6, 6.07) is 19.4. The molecule has 0 aliphatic carbocycles. The van der Waals surface area contributed by atoms with Crippen LogP contribution in [0.2, 0.25) is 0 Å². The normalized spacial score (nSPS) is 20.9. The summed E-state index contributed by atoms with van der Waals surface area (Å²) >= 11 is 0. The van der Waals surface area contributed by atoms with Gasteiger partial charge in [-0.05, 0) is 18.0 Å². The molecule has 1 aliphatic rings. The van der Waals surface area contributed by atoms with E-state index < -0.39 is 5.97 Å². The third-order valence-electron chi connectivity index (χ3n) is 4.38. The Morgan fingerprint density at radius 1 is 1.22 bits per heavy atom. The molecule has 1 N–H and O–H groups in total. The van der Waals surface area contributed by atoms with Gasteiger partial charge in [0.2, 0.25) is 0 Å². The van der Waals surface area contributed by atoms with Gasteiger partial charge in [0.05, 0.1) is 5.92 Å². The van der Waals surface area contributed by atoms with Crippen LogP contribution in [0, 0.1) is 18.9 Å². The number of likely N-dealkylation sites (tertiary alicyclic amines) is 1. The van der Waals surface area contributed by atoms with Gasteiger partial charge in [0, 0.05) is 45.8 Å². The van der Waals surface area contributed by atoms with Gasteiger partial charge in [-0.3, -0.25) is 9.69 Å². The van der Waals surface area contributed by atoms with Crippen LogP contribution >= 0.6 is 0 Å². The van der Waals surface area contributed by atoms with E-state index in [1.807, 2.05) is 43.3 Å². The van der Waals surface area contributed by atoms with Gasteiger partial charge in [-0.2, -0.15) is 35.4 Å². The quantitative estimate of drug-likeness (QED) is 0.825. The summed E-state index contributed by atoms with van der Waals surface area (Å²) in [5, 5.41) is 9.55. The number of hydrogen-bond acceptors (Lipinski definition) is 2. The van der Waals surface area contributed by atoms with Crippen molar-refractivity contribution in [1.82, 2.24) is 4.90 Å². The maximum Gasteiger partial charge on any atom is 0.307 e. The van der Waals surface area contributed by atoms with Gasteiger partial charge in [-0.25, -0.2) is 0 Å². The molecule has 23 heavy (non-hydrogen) atoms. The molecule has 0 bridgehead atoms. The number of rotatable bonds is 4. The number of nitrogens with zero attached hydrogens (tertiary/aromatic N) is 1. The van der Waals surface area contributed by atoms with Crippen molar-refractivity contribution in [2.75, 3.05) is 13.1 Å². The molecule has 2 atom stereocenters. The van der Waals surface area contributed by atoms with E-state index in [1.165, 1.54) is 5.56 Å². The van der Waals surface area contributed by atoms with Crippen molar-refractivity contribution in [2.45, 2.75) is 19.4 Å². The van der Waals surface area contributed by atoms with Crippen LogP contribution in [0.3, 0.4) is 0 Å². The van der Waals surface area contributed by atoms with E-state index in [2.05, 4.69) is 23.1 Å². The number of carboxylic acids is 1. The van der Waals surface area contributed by atoms with Crippen molar-refractivity contribution in [3.05, 3.63) is 71.3 Å². The van der Waals surface area contributed by atoms with E-state index in [-0.39, 0.29) is 44.5 Å².